The van der Waals surface area contributed by atoms with E-state index >= 15 is 0 Å². The highest BCUT2D eigenvalue weighted by Gasteiger charge is 2.13. The Labute approximate surface area is 76.9 Å². The molecule has 0 saturated carbocycles. The van der Waals surface area contributed by atoms with Gasteiger partial charge in [0.05, 0.1) is 0 Å². The second kappa shape index (κ2) is 5.17. The predicted molar refractivity (Wildman–Crippen MR) is 55.6 cm³/mol. The molecule has 0 aliphatic carbocycles. The van der Waals surface area contributed by atoms with Gasteiger partial charge < -0.3 is 4.98 Å². The lowest BCUT2D eigenvalue weighted by atomic mass is 9.94. The van der Waals surface area contributed by atoms with Crippen LogP contribution in [0.5, 0.6) is 0 Å². The van der Waals surface area contributed by atoms with Crippen LogP contribution in [0.15, 0.2) is 0 Å². The van der Waals surface area contributed by atoms with Crippen molar-refractivity contribution >= 4 is 19.3 Å². The van der Waals surface area contributed by atoms with Crippen LogP contribution in [-0.4, -0.2) is 14.8 Å². The minimum atomic E-state index is -1.08. The molecule has 0 heterocycles. The quantitative estimate of drug-likeness (QED) is 0.535. The SMILES string of the molecule is CCN[SiH](Cl)CCC(C)(C)C. The summed E-state index contributed by atoms with van der Waals surface area (Å²) in [6, 6.07) is 1.19. The molecule has 0 aliphatic rings. The maximum atomic E-state index is 6.11. The number of halogens is 1. The first-order valence-electron chi connectivity index (χ1n) is 4.33. The lowest BCUT2D eigenvalue weighted by Gasteiger charge is -2.19. The number of nitrogens with one attached hydrogen (secondary N) is 1. The summed E-state index contributed by atoms with van der Waals surface area (Å²) in [6.45, 7) is 9.91. The van der Waals surface area contributed by atoms with E-state index in [0.717, 1.165) is 6.54 Å². The van der Waals surface area contributed by atoms with Crippen LogP contribution in [0, 0.1) is 5.41 Å². The molecule has 0 aliphatic heterocycles. The molecule has 0 radical (unpaired) electrons. The van der Waals surface area contributed by atoms with E-state index in [9.17, 15) is 0 Å². The Morgan fingerprint density at radius 1 is 1.36 bits per heavy atom. The molecule has 1 atom stereocenters. The molecule has 0 aromatic rings. The summed E-state index contributed by atoms with van der Waals surface area (Å²) < 4.78 is 0. The molecule has 0 aromatic heterocycles. The normalized spacial score (nSPS) is 15.0. The molecule has 3 heteroatoms. The van der Waals surface area contributed by atoms with E-state index in [-0.39, 0.29) is 0 Å². The first kappa shape index (κ1) is 11.5. The van der Waals surface area contributed by atoms with Gasteiger partial charge in [0.25, 0.3) is 0 Å². The molecule has 1 nitrogen and oxygen atoms in total. The second-order valence-electron chi connectivity index (χ2n) is 4.12. The molecule has 68 valence electrons. The van der Waals surface area contributed by atoms with Crippen molar-refractivity contribution in [3.05, 3.63) is 0 Å². The van der Waals surface area contributed by atoms with Crippen molar-refractivity contribution in [1.82, 2.24) is 4.98 Å². The first-order chi connectivity index (χ1) is 4.95. The van der Waals surface area contributed by atoms with E-state index in [1.807, 2.05) is 0 Å². The van der Waals surface area contributed by atoms with E-state index in [1.54, 1.807) is 0 Å². The minimum Gasteiger partial charge on any atom is -0.328 e. The standard InChI is InChI=1S/C8H20ClNSi/c1-5-10-11(9)7-6-8(2,3)4/h10-11H,5-7H2,1-4H3. The number of hydrogen-bond donors (Lipinski definition) is 1. The summed E-state index contributed by atoms with van der Waals surface area (Å²) in [5.41, 5.74) is 0.440. The van der Waals surface area contributed by atoms with Gasteiger partial charge in [0, 0.05) is 0 Å². The topological polar surface area (TPSA) is 12.0 Å². The minimum absolute atomic E-state index is 0.440. The van der Waals surface area contributed by atoms with Crippen molar-refractivity contribution in [3.63, 3.8) is 0 Å². The highest BCUT2D eigenvalue weighted by Crippen LogP contribution is 2.22. The van der Waals surface area contributed by atoms with Crippen molar-refractivity contribution in [2.45, 2.75) is 40.2 Å². The van der Waals surface area contributed by atoms with Gasteiger partial charge in [0.2, 0.25) is 8.27 Å². The van der Waals surface area contributed by atoms with E-state index in [2.05, 4.69) is 32.7 Å². The van der Waals surface area contributed by atoms with Gasteiger partial charge >= 0.3 is 0 Å². The molecule has 0 fully saturated rings. The number of hydrogen-bond acceptors (Lipinski definition) is 1. The smallest absolute Gasteiger partial charge is 0.211 e. The molecule has 11 heavy (non-hydrogen) atoms. The molecular formula is C8H20ClNSi. The largest absolute Gasteiger partial charge is 0.328 e. The maximum absolute atomic E-state index is 6.11. The molecular weight excluding hydrogens is 174 g/mol. The Morgan fingerprint density at radius 3 is 2.27 bits per heavy atom. The Morgan fingerprint density at radius 2 is 1.91 bits per heavy atom. The van der Waals surface area contributed by atoms with Crippen LogP contribution in [0.1, 0.15) is 34.1 Å². The first-order valence-corrected chi connectivity index (χ1v) is 7.47. The fourth-order valence-corrected chi connectivity index (χ4v) is 3.44. The van der Waals surface area contributed by atoms with Gasteiger partial charge in [-0.2, -0.15) is 11.1 Å². The van der Waals surface area contributed by atoms with E-state index in [4.69, 9.17) is 11.1 Å². The average Bonchev–Trinajstić information content (AvgIpc) is 1.83. The third-order valence-electron chi connectivity index (χ3n) is 1.57. The van der Waals surface area contributed by atoms with Gasteiger partial charge in [0.15, 0.2) is 0 Å². The van der Waals surface area contributed by atoms with Gasteiger partial charge in [-0.15, -0.1) is 0 Å². The fraction of sp³-hybridized carbons (Fsp3) is 1.00. The molecule has 0 saturated heterocycles. The van der Waals surface area contributed by atoms with Gasteiger partial charge in [-0.3, -0.25) is 0 Å². The van der Waals surface area contributed by atoms with E-state index in [1.165, 1.54) is 12.5 Å². The van der Waals surface area contributed by atoms with Crippen LogP contribution in [0.25, 0.3) is 0 Å². The zero-order chi connectivity index (χ0) is 8.91. The van der Waals surface area contributed by atoms with E-state index < -0.39 is 8.27 Å². The summed E-state index contributed by atoms with van der Waals surface area (Å²) in [7, 11) is -1.08. The predicted octanol–water partition coefficient (Wildman–Crippen LogP) is 2.49. The van der Waals surface area contributed by atoms with Crippen LogP contribution in [0.4, 0.5) is 0 Å². The van der Waals surface area contributed by atoms with Gasteiger partial charge in [-0.05, 0) is 24.4 Å². The average molecular weight is 194 g/mol. The summed E-state index contributed by atoms with van der Waals surface area (Å²) in [5, 5.41) is 0. The second-order valence-corrected chi connectivity index (χ2v) is 7.63. The van der Waals surface area contributed by atoms with Gasteiger partial charge in [-0.1, -0.05) is 27.7 Å². The zero-order valence-electron chi connectivity index (χ0n) is 8.08. The van der Waals surface area contributed by atoms with Crippen molar-refractivity contribution in [1.29, 1.82) is 0 Å². The highest BCUT2D eigenvalue weighted by molar-refractivity contribution is 7.05. The number of rotatable bonds is 4. The van der Waals surface area contributed by atoms with Crippen molar-refractivity contribution in [2.24, 2.45) is 5.41 Å². The summed E-state index contributed by atoms with van der Waals surface area (Å²) in [6.07, 6.45) is 1.24. The zero-order valence-corrected chi connectivity index (χ0v) is 9.99. The summed E-state index contributed by atoms with van der Waals surface area (Å²) in [5.74, 6) is 0. The maximum Gasteiger partial charge on any atom is 0.211 e. The molecule has 0 rings (SSSR count). The molecule has 1 N–H and O–H groups in total. The molecule has 0 bridgehead atoms. The molecule has 0 spiro atoms. The molecule has 0 amide bonds. The van der Waals surface area contributed by atoms with Crippen molar-refractivity contribution in [2.75, 3.05) is 6.54 Å². The summed E-state index contributed by atoms with van der Waals surface area (Å²) >= 11 is 6.11. The Balaban J connectivity index is 3.38. The van der Waals surface area contributed by atoms with Crippen LogP contribution in [0.3, 0.4) is 0 Å². The molecule has 1 unspecified atom stereocenters. The Hall–Kier alpha value is 0.467. The Bertz CT molecular complexity index is 101. The molecule has 0 aromatic carbocycles. The Kier molecular flexibility index (Phi) is 5.39. The van der Waals surface area contributed by atoms with Gasteiger partial charge in [0.1, 0.15) is 0 Å². The lowest BCUT2D eigenvalue weighted by Crippen LogP contribution is -2.29. The fourth-order valence-electron chi connectivity index (χ4n) is 0.883. The lowest BCUT2D eigenvalue weighted by molar-refractivity contribution is 0.396. The monoisotopic (exact) mass is 193 g/mol. The van der Waals surface area contributed by atoms with Gasteiger partial charge in [-0.25, -0.2) is 0 Å². The van der Waals surface area contributed by atoms with Crippen molar-refractivity contribution < 1.29 is 0 Å². The van der Waals surface area contributed by atoms with Crippen LogP contribution < -0.4 is 4.98 Å². The third kappa shape index (κ3) is 8.37. The highest BCUT2D eigenvalue weighted by atomic mass is 35.6. The van der Waals surface area contributed by atoms with Crippen LogP contribution in [-0.2, 0) is 0 Å². The van der Waals surface area contributed by atoms with Crippen molar-refractivity contribution in [3.8, 4) is 0 Å². The van der Waals surface area contributed by atoms with Crippen LogP contribution in [0.2, 0.25) is 6.04 Å². The summed E-state index contributed by atoms with van der Waals surface area (Å²) in [4.78, 5) is 3.32. The van der Waals surface area contributed by atoms with Crippen LogP contribution >= 0.6 is 11.1 Å². The van der Waals surface area contributed by atoms with E-state index in [0.29, 0.717) is 5.41 Å². The third-order valence-corrected chi connectivity index (χ3v) is 4.34.